The average molecular weight is 378 g/mol. The van der Waals surface area contributed by atoms with Crippen LogP contribution < -0.4 is 5.32 Å². The largest absolute Gasteiger partial charge is 0.361 e. The highest BCUT2D eigenvalue weighted by Gasteiger charge is 2.11. The van der Waals surface area contributed by atoms with Crippen molar-refractivity contribution in [1.29, 1.82) is 5.26 Å². The number of hydrogen-bond donors (Lipinski definition) is 2. The summed E-state index contributed by atoms with van der Waals surface area (Å²) in [6, 6.07) is 15.6. The summed E-state index contributed by atoms with van der Waals surface area (Å²) in [6.07, 6.45) is 9.80. The number of benzene rings is 2. The molecule has 2 N–H and O–H groups in total. The van der Waals surface area contributed by atoms with Gasteiger partial charge >= 0.3 is 0 Å². The van der Waals surface area contributed by atoms with Gasteiger partial charge in [-0.05, 0) is 42.3 Å². The maximum atomic E-state index is 11.0. The third kappa shape index (κ3) is 3.64. The number of aromatic nitrogens is 2. The molecule has 2 heterocycles. The lowest BCUT2D eigenvalue weighted by Gasteiger charge is -2.14. The van der Waals surface area contributed by atoms with Crippen molar-refractivity contribution in [2.24, 2.45) is 0 Å². The minimum absolute atomic E-state index is 0.461. The molecular formula is C24H18N4O. The fourth-order valence-electron chi connectivity index (χ4n) is 3.30. The molecule has 0 aliphatic rings. The van der Waals surface area contributed by atoms with Crippen LogP contribution in [0, 0.1) is 18.3 Å². The number of anilines is 2. The highest BCUT2D eigenvalue weighted by atomic mass is 16.1. The van der Waals surface area contributed by atoms with Crippen LogP contribution in [0.5, 0.6) is 0 Å². The van der Waals surface area contributed by atoms with Crippen molar-refractivity contribution < 1.29 is 4.79 Å². The van der Waals surface area contributed by atoms with E-state index in [1.807, 2.05) is 61.7 Å². The van der Waals surface area contributed by atoms with E-state index in [4.69, 9.17) is 0 Å². The molecule has 5 nitrogen and oxygen atoms in total. The average Bonchev–Trinajstić information content (AvgIpc) is 3.24. The Morgan fingerprint density at radius 1 is 1.10 bits per heavy atom. The standard InChI is InChI=1S/C24H18N4O/c1-16-21-9-10-27-23(21)8-7-22(16)28-24-19(13-26-14-20(24)12-25)6-5-17-3-2-4-18(11-17)15-29/h2-11,13-15,27H,1H3,(H,26,28)/b6-5+. The van der Waals surface area contributed by atoms with Crippen molar-refractivity contribution >= 4 is 40.7 Å². The number of nitriles is 1. The van der Waals surface area contributed by atoms with Gasteiger partial charge in [0.15, 0.2) is 0 Å². The lowest BCUT2D eigenvalue weighted by molar-refractivity contribution is 0.112. The molecule has 4 aromatic rings. The van der Waals surface area contributed by atoms with Crippen LogP contribution in [0.4, 0.5) is 11.4 Å². The van der Waals surface area contributed by atoms with E-state index in [9.17, 15) is 10.1 Å². The van der Waals surface area contributed by atoms with Crippen molar-refractivity contribution in [2.45, 2.75) is 6.92 Å². The van der Waals surface area contributed by atoms with Gasteiger partial charge in [0.25, 0.3) is 0 Å². The molecule has 0 bridgehead atoms. The van der Waals surface area contributed by atoms with E-state index in [0.29, 0.717) is 16.8 Å². The van der Waals surface area contributed by atoms with E-state index in [-0.39, 0.29) is 0 Å². The summed E-state index contributed by atoms with van der Waals surface area (Å²) in [6.45, 7) is 2.05. The number of hydrogen-bond acceptors (Lipinski definition) is 4. The summed E-state index contributed by atoms with van der Waals surface area (Å²) in [7, 11) is 0. The molecule has 0 aliphatic carbocycles. The fraction of sp³-hybridized carbons (Fsp3) is 0.0417. The van der Waals surface area contributed by atoms with Crippen molar-refractivity contribution in [2.75, 3.05) is 5.32 Å². The molecule has 0 amide bonds. The molecule has 0 spiro atoms. The predicted octanol–water partition coefficient (Wildman–Crippen LogP) is 5.47. The summed E-state index contributed by atoms with van der Waals surface area (Å²) in [5.41, 5.74) is 6.55. The van der Waals surface area contributed by atoms with Crippen molar-refractivity contribution in [3.8, 4) is 6.07 Å². The van der Waals surface area contributed by atoms with Crippen LogP contribution in [-0.2, 0) is 0 Å². The van der Waals surface area contributed by atoms with Gasteiger partial charge in [0.2, 0.25) is 0 Å². The van der Waals surface area contributed by atoms with E-state index in [2.05, 4.69) is 21.4 Å². The molecule has 5 heteroatoms. The highest BCUT2D eigenvalue weighted by Crippen LogP contribution is 2.31. The number of nitrogens with one attached hydrogen (secondary N) is 2. The number of pyridine rings is 1. The van der Waals surface area contributed by atoms with Gasteiger partial charge in [0.05, 0.1) is 11.3 Å². The minimum Gasteiger partial charge on any atom is -0.361 e. The molecule has 4 rings (SSSR count). The zero-order valence-corrected chi connectivity index (χ0v) is 15.8. The number of H-pyrrole nitrogens is 1. The summed E-state index contributed by atoms with van der Waals surface area (Å²) in [4.78, 5) is 18.4. The van der Waals surface area contributed by atoms with E-state index in [1.165, 1.54) is 0 Å². The number of aryl methyl sites for hydroxylation is 1. The molecule has 0 saturated carbocycles. The Morgan fingerprint density at radius 2 is 1.97 bits per heavy atom. The smallest absolute Gasteiger partial charge is 0.150 e. The normalized spacial score (nSPS) is 10.9. The summed E-state index contributed by atoms with van der Waals surface area (Å²) in [5.74, 6) is 0. The number of aldehydes is 1. The third-order valence-corrected chi connectivity index (χ3v) is 4.86. The lowest BCUT2D eigenvalue weighted by Crippen LogP contribution is -1.99. The third-order valence-electron chi connectivity index (χ3n) is 4.86. The van der Waals surface area contributed by atoms with Crippen LogP contribution in [0.25, 0.3) is 23.1 Å². The first kappa shape index (κ1) is 18.2. The second-order valence-electron chi connectivity index (χ2n) is 6.69. The lowest BCUT2D eigenvalue weighted by atomic mass is 10.1. The molecular weight excluding hydrogens is 360 g/mol. The molecule has 0 aliphatic heterocycles. The van der Waals surface area contributed by atoms with Gasteiger partial charge < -0.3 is 10.3 Å². The van der Waals surface area contributed by atoms with Crippen LogP contribution in [0.3, 0.4) is 0 Å². The molecule has 140 valence electrons. The monoisotopic (exact) mass is 378 g/mol. The Hall–Kier alpha value is -4.17. The highest BCUT2D eigenvalue weighted by molar-refractivity contribution is 5.90. The van der Waals surface area contributed by atoms with Crippen LogP contribution in [0.1, 0.15) is 32.6 Å². The zero-order chi connectivity index (χ0) is 20.2. The van der Waals surface area contributed by atoms with Crippen LogP contribution in [0.15, 0.2) is 61.1 Å². The van der Waals surface area contributed by atoms with Gasteiger partial charge in [0.1, 0.15) is 12.4 Å². The SMILES string of the molecule is Cc1c(Nc2c(C#N)cncc2/C=C/c2cccc(C=O)c2)ccc2[nH]ccc12. The van der Waals surface area contributed by atoms with E-state index in [0.717, 1.165) is 39.6 Å². The minimum atomic E-state index is 0.461. The Balaban J connectivity index is 1.74. The first-order chi connectivity index (χ1) is 14.2. The number of rotatable bonds is 5. The second kappa shape index (κ2) is 7.83. The Morgan fingerprint density at radius 3 is 2.79 bits per heavy atom. The number of fused-ring (bicyclic) bond motifs is 1. The Labute approximate surface area is 168 Å². The van der Waals surface area contributed by atoms with Gasteiger partial charge in [0, 0.05) is 46.3 Å². The number of carbonyl (C=O) groups excluding carboxylic acids is 1. The van der Waals surface area contributed by atoms with Gasteiger partial charge in [-0.2, -0.15) is 5.26 Å². The first-order valence-electron chi connectivity index (χ1n) is 9.15. The molecule has 29 heavy (non-hydrogen) atoms. The van der Waals surface area contributed by atoms with Gasteiger partial charge in [-0.3, -0.25) is 9.78 Å². The first-order valence-corrected chi connectivity index (χ1v) is 9.15. The zero-order valence-electron chi connectivity index (χ0n) is 15.8. The van der Waals surface area contributed by atoms with Crippen molar-refractivity contribution in [3.05, 3.63) is 88.9 Å². The summed E-state index contributed by atoms with van der Waals surface area (Å²) in [5, 5.41) is 14.1. The van der Waals surface area contributed by atoms with Crippen LogP contribution in [0.2, 0.25) is 0 Å². The second-order valence-corrected chi connectivity index (χ2v) is 6.69. The number of carbonyl (C=O) groups is 1. The van der Waals surface area contributed by atoms with E-state index >= 15 is 0 Å². The summed E-state index contributed by atoms with van der Waals surface area (Å²) >= 11 is 0. The fourth-order valence-corrected chi connectivity index (χ4v) is 3.30. The Bertz CT molecular complexity index is 1280. The maximum Gasteiger partial charge on any atom is 0.150 e. The van der Waals surface area contributed by atoms with E-state index in [1.54, 1.807) is 18.5 Å². The van der Waals surface area contributed by atoms with E-state index < -0.39 is 0 Å². The molecule has 0 fully saturated rings. The molecule has 0 saturated heterocycles. The molecule has 2 aromatic carbocycles. The van der Waals surface area contributed by atoms with Crippen molar-refractivity contribution in [1.82, 2.24) is 9.97 Å². The summed E-state index contributed by atoms with van der Waals surface area (Å²) < 4.78 is 0. The van der Waals surface area contributed by atoms with Gasteiger partial charge in [-0.15, -0.1) is 0 Å². The van der Waals surface area contributed by atoms with Crippen LogP contribution in [-0.4, -0.2) is 16.3 Å². The number of aromatic amines is 1. The van der Waals surface area contributed by atoms with Crippen molar-refractivity contribution in [3.63, 3.8) is 0 Å². The predicted molar refractivity (Wildman–Crippen MR) is 116 cm³/mol. The van der Waals surface area contributed by atoms with Gasteiger partial charge in [-0.25, -0.2) is 0 Å². The Kier molecular flexibility index (Phi) is 4.91. The van der Waals surface area contributed by atoms with Crippen LogP contribution >= 0.6 is 0 Å². The molecule has 0 unspecified atom stereocenters. The molecule has 0 radical (unpaired) electrons. The molecule has 0 atom stereocenters. The maximum absolute atomic E-state index is 11.0. The van der Waals surface area contributed by atoms with Gasteiger partial charge in [-0.1, -0.05) is 30.4 Å². The topological polar surface area (TPSA) is 81.6 Å². The number of nitrogens with zero attached hydrogens (tertiary/aromatic N) is 2. The molecule has 2 aromatic heterocycles. The quantitative estimate of drug-likeness (QED) is 0.451.